The van der Waals surface area contributed by atoms with Gasteiger partial charge in [0.25, 0.3) is 0 Å². The molecule has 1 aromatic heterocycles. The highest BCUT2D eigenvalue weighted by Gasteiger charge is 2.53. The molecule has 1 spiro atoms. The van der Waals surface area contributed by atoms with Crippen LogP contribution >= 0.6 is 0 Å². The van der Waals surface area contributed by atoms with E-state index in [1.54, 1.807) is 17.2 Å². The molecule has 2 aliphatic carbocycles. The van der Waals surface area contributed by atoms with Crippen LogP contribution in [0, 0.1) is 17.3 Å². The first-order chi connectivity index (χ1) is 16.4. The highest BCUT2D eigenvalue weighted by molar-refractivity contribution is 5.88. The van der Waals surface area contributed by atoms with E-state index < -0.39 is 5.69 Å². The van der Waals surface area contributed by atoms with E-state index >= 15 is 0 Å². The van der Waals surface area contributed by atoms with E-state index in [2.05, 4.69) is 27.3 Å². The van der Waals surface area contributed by atoms with Crippen molar-refractivity contribution in [3.8, 4) is 5.69 Å². The van der Waals surface area contributed by atoms with Gasteiger partial charge in [-0.25, -0.2) is 9.59 Å². The van der Waals surface area contributed by atoms with E-state index in [1.807, 2.05) is 12.1 Å². The number of anilines is 1. The molecule has 2 saturated heterocycles. The normalized spacial score (nSPS) is 29.5. The molecule has 3 heterocycles. The molecule has 1 aromatic carbocycles. The Morgan fingerprint density at radius 2 is 1.76 bits per heavy atom. The Balaban J connectivity index is 1.05. The molecular weight excluding hydrogens is 430 g/mol. The number of fused-ring (bicyclic) bond motifs is 1. The molecule has 0 bridgehead atoms. The van der Waals surface area contributed by atoms with E-state index in [0.29, 0.717) is 31.0 Å². The topological polar surface area (TPSA) is 123 Å². The van der Waals surface area contributed by atoms with Crippen molar-refractivity contribution in [2.75, 3.05) is 31.5 Å². The number of urea groups is 1. The molecule has 4 atom stereocenters. The minimum absolute atomic E-state index is 0.211. The molecule has 9 heteroatoms. The summed E-state index contributed by atoms with van der Waals surface area (Å²) in [7, 11) is 0. The molecule has 9 nitrogen and oxygen atoms in total. The summed E-state index contributed by atoms with van der Waals surface area (Å²) >= 11 is 0. The number of piperidine rings is 2. The fourth-order valence-corrected chi connectivity index (χ4v) is 6.16. The van der Waals surface area contributed by atoms with Gasteiger partial charge in [-0.1, -0.05) is 12.1 Å². The molecule has 180 valence electrons. The standard InChI is InChI=1S/C25H33N7O2/c26-20-5-7-25(20)8-11-31(12-9-25)23(33)28-21-6-10-32(24(34)29-21)17-3-1-16(2-4-17)13-30-14-18-19(15-30)22(18)27/h1-4,6,10,18-20,22H,5,7-9,11-15,26-27H2,(H,28,29,33,34)/t18-,19+,20?,22?. The van der Waals surface area contributed by atoms with Crippen LogP contribution in [0.2, 0.25) is 0 Å². The van der Waals surface area contributed by atoms with Crippen LogP contribution < -0.4 is 22.5 Å². The number of hydrogen-bond acceptors (Lipinski definition) is 6. The van der Waals surface area contributed by atoms with Gasteiger partial charge in [0.15, 0.2) is 0 Å². The zero-order chi connectivity index (χ0) is 23.4. The van der Waals surface area contributed by atoms with Crippen LogP contribution in [-0.2, 0) is 6.54 Å². The van der Waals surface area contributed by atoms with Gasteiger partial charge in [-0.05, 0) is 66.7 Å². The lowest BCUT2D eigenvalue weighted by Gasteiger charge is -2.52. The fraction of sp³-hybridized carbons (Fsp3) is 0.560. The van der Waals surface area contributed by atoms with Gasteiger partial charge in [0, 0.05) is 51.0 Å². The first-order valence-corrected chi connectivity index (χ1v) is 12.4. The molecule has 6 rings (SSSR count). The van der Waals surface area contributed by atoms with E-state index in [4.69, 9.17) is 11.5 Å². The third-order valence-electron chi connectivity index (χ3n) is 8.78. The third-order valence-corrected chi connectivity index (χ3v) is 8.78. The summed E-state index contributed by atoms with van der Waals surface area (Å²) in [6.45, 7) is 4.44. The van der Waals surface area contributed by atoms with Crippen molar-refractivity contribution in [3.05, 3.63) is 52.6 Å². The Labute approximate surface area is 199 Å². The lowest BCUT2D eigenvalue weighted by atomic mass is 9.60. The van der Waals surface area contributed by atoms with Crippen LogP contribution in [-0.4, -0.2) is 63.6 Å². The van der Waals surface area contributed by atoms with Gasteiger partial charge in [0.2, 0.25) is 0 Å². The van der Waals surface area contributed by atoms with Crippen molar-refractivity contribution in [1.82, 2.24) is 19.4 Å². The summed E-state index contributed by atoms with van der Waals surface area (Å²) in [6, 6.07) is 10.1. The van der Waals surface area contributed by atoms with Crippen LogP contribution in [0.1, 0.15) is 31.2 Å². The number of rotatable bonds is 4. The van der Waals surface area contributed by atoms with Crippen molar-refractivity contribution >= 4 is 11.8 Å². The van der Waals surface area contributed by atoms with E-state index in [1.165, 1.54) is 10.1 Å². The minimum atomic E-state index is -0.419. The second-order valence-corrected chi connectivity index (χ2v) is 10.7. The van der Waals surface area contributed by atoms with E-state index in [9.17, 15) is 9.59 Å². The largest absolute Gasteiger partial charge is 0.354 e. The number of nitrogens with one attached hydrogen (secondary N) is 1. The average molecular weight is 464 g/mol. The van der Waals surface area contributed by atoms with Gasteiger partial charge in [-0.3, -0.25) is 14.8 Å². The second-order valence-electron chi connectivity index (χ2n) is 10.7. The molecule has 4 fully saturated rings. The molecule has 2 unspecified atom stereocenters. The predicted octanol–water partition coefficient (Wildman–Crippen LogP) is 1.36. The van der Waals surface area contributed by atoms with Gasteiger partial charge in [0.05, 0.1) is 5.69 Å². The maximum atomic E-state index is 12.7. The van der Waals surface area contributed by atoms with Crippen LogP contribution in [0.15, 0.2) is 41.3 Å². The lowest BCUT2D eigenvalue weighted by Crippen LogP contribution is -2.57. The first-order valence-electron chi connectivity index (χ1n) is 12.4. The monoisotopic (exact) mass is 463 g/mol. The summed E-state index contributed by atoms with van der Waals surface area (Å²) in [5.41, 5.74) is 14.0. The van der Waals surface area contributed by atoms with Gasteiger partial charge >= 0.3 is 11.7 Å². The molecule has 4 aliphatic rings. The van der Waals surface area contributed by atoms with Crippen LogP contribution in [0.5, 0.6) is 0 Å². The van der Waals surface area contributed by atoms with Crippen LogP contribution in [0.4, 0.5) is 10.6 Å². The van der Waals surface area contributed by atoms with Gasteiger partial charge in [-0.2, -0.15) is 4.98 Å². The number of aromatic nitrogens is 2. The maximum Gasteiger partial charge on any atom is 0.354 e. The highest BCUT2D eigenvalue weighted by atomic mass is 16.2. The van der Waals surface area contributed by atoms with Crippen molar-refractivity contribution in [2.24, 2.45) is 28.7 Å². The number of carbonyl (C=O) groups is 1. The number of likely N-dealkylation sites (tertiary alicyclic amines) is 2. The number of nitrogens with zero attached hydrogens (tertiary/aromatic N) is 4. The maximum absolute atomic E-state index is 12.7. The van der Waals surface area contributed by atoms with Crippen molar-refractivity contribution < 1.29 is 4.79 Å². The Morgan fingerprint density at radius 3 is 2.35 bits per heavy atom. The molecule has 2 aromatic rings. The smallest absolute Gasteiger partial charge is 0.327 e. The predicted molar refractivity (Wildman–Crippen MR) is 130 cm³/mol. The molecule has 2 saturated carbocycles. The Bertz CT molecular complexity index is 1130. The summed E-state index contributed by atoms with van der Waals surface area (Å²) in [5, 5.41) is 2.78. The van der Waals surface area contributed by atoms with Gasteiger partial charge in [0.1, 0.15) is 5.82 Å². The summed E-state index contributed by atoms with van der Waals surface area (Å²) in [5.74, 6) is 1.63. The van der Waals surface area contributed by atoms with Crippen molar-refractivity contribution in [2.45, 2.75) is 44.3 Å². The lowest BCUT2D eigenvalue weighted by molar-refractivity contribution is 0.0233. The summed E-state index contributed by atoms with van der Waals surface area (Å²) in [6.07, 6.45) is 5.80. The number of nitrogens with two attached hydrogens (primary N) is 2. The van der Waals surface area contributed by atoms with E-state index in [0.717, 1.165) is 51.0 Å². The number of benzene rings is 1. The number of hydrogen-bond donors (Lipinski definition) is 3. The zero-order valence-corrected chi connectivity index (χ0v) is 19.4. The number of carbonyl (C=O) groups excluding carboxylic acids is 1. The summed E-state index contributed by atoms with van der Waals surface area (Å²) < 4.78 is 1.49. The minimum Gasteiger partial charge on any atom is -0.327 e. The molecule has 0 radical (unpaired) electrons. The second kappa shape index (κ2) is 8.18. The SMILES string of the molecule is NC1[C@H]2CN(Cc3ccc(-n4ccc(NC(=O)N5CCC6(CCC6N)CC5)nc4=O)cc3)C[C@@H]12. The molecule has 2 amide bonds. The van der Waals surface area contributed by atoms with Crippen molar-refractivity contribution in [1.29, 1.82) is 0 Å². The Kier molecular flexibility index (Phi) is 5.24. The summed E-state index contributed by atoms with van der Waals surface area (Å²) in [4.78, 5) is 33.7. The Morgan fingerprint density at radius 1 is 1.06 bits per heavy atom. The number of amides is 2. The van der Waals surface area contributed by atoms with Crippen molar-refractivity contribution in [3.63, 3.8) is 0 Å². The highest BCUT2D eigenvalue weighted by Crippen LogP contribution is 2.48. The van der Waals surface area contributed by atoms with Crippen LogP contribution in [0.3, 0.4) is 0 Å². The van der Waals surface area contributed by atoms with E-state index in [-0.39, 0.29) is 23.3 Å². The molecular formula is C25H33N7O2. The van der Waals surface area contributed by atoms with Gasteiger partial charge in [-0.15, -0.1) is 0 Å². The molecule has 34 heavy (non-hydrogen) atoms. The molecule has 5 N–H and O–H groups in total. The first kappa shape index (κ1) is 21.8. The fourth-order valence-electron chi connectivity index (χ4n) is 6.16. The quantitative estimate of drug-likeness (QED) is 0.629. The Hall–Kier alpha value is -2.75. The third kappa shape index (κ3) is 3.81. The van der Waals surface area contributed by atoms with Gasteiger partial charge < -0.3 is 16.4 Å². The van der Waals surface area contributed by atoms with Crippen LogP contribution in [0.25, 0.3) is 5.69 Å². The molecule has 2 aliphatic heterocycles. The zero-order valence-electron chi connectivity index (χ0n) is 19.4. The average Bonchev–Trinajstić information content (AvgIpc) is 3.23.